The molecule has 1 aromatic heterocycles. The molecular formula is C8H3BrN2. The fourth-order valence-electron chi connectivity index (χ4n) is 0.837. The van der Waals surface area contributed by atoms with Crippen molar-refractivity contribution in [1.82, 2.24) is 9.97 Å². The molecule has 11 heavy (non-hydrogen) atoms. The predicted molar refractivity (Wildman–Crippen MR) is 44.9 cm³/mol. The number of hydrogen-bond acceptors (Lipinski definition) is 2. The maximum Gasteiger partial charge on any atom is 0.109 e. The zero-order chi connectivity index (χ0) is 7.68. The molecule has 1 heterocycles. The Labute approximate surface area is 72.4 Å². The van der Waals surface area contributed by atoms with E-state index in [1.807, 2.05) is 6.07 Å². The number of rotatable bonds is 0. The normalized spacial score (nSPS) is 10.3. The van der Waals surface area contributed by atoms with Gasteiger partial charge in [-0.05, 0) is 18.2 Å². The van der Waals surface area contributed by atoms with Gasteiger partial charge in [0, 0.05) is 4.47 Å². The first kappa shape index (κ1) is 6.73. The number of aromatic nitrogens is 2. The van der Waals surface area contributed by atoms with Gasteiger partial charge in [-0.25, -0.2) is 4.98 Å². The van der Waals surface area contributed by atoms with Crippen molar-refractivity contribution in [3.8, 4) is 0 Å². The number of halogens is 1. The van der Waals surface area contributed by atoms with Crippen LogP contribution in [0.15, 0.2) is 22.8 Å². The number of hydrogen-bond donors (Lipinski definition) is 0. The molecule has 1 aromatic carbocycles. The van der Waals surface area contributed by atoms with Crippen molar-refractivity contribution in [2.24, 2.45) is 0 Å². The van der Waals surface area contributed by atoms with E-state index in [9.17, 15) is 0 Å². The SMILES string of the molecule is Brc1[c]cc2nc[c]nc2c1. The van der Waals surface area contributed by atoms with Crippen LogP contribution in [0.5, 0.6) is 0 Å². The van der Waals surface area contributed by atoms with Gasteiger partial charge in [0.1, 0.15) is 6.20 Å². The number of benzene rings is 1. The maximum atomic E-state index is 4.05. The van der Waals surface area contributed by atoms with Gasteiger partial charge in [0.15, 0.2) is 0 Å². The van der Waals surface area contributed by atoms with Crippen LogP contribution in [-0.4, -0.2) is 9.97 Å². The minimum atomic E-state index is 0.832. The summed E-state index contributed by atoms with van der Waals surface area (Å²) in [4.78, 5) is 8.06. The van der Waals surface area contributed by atoms with Crippen LogP contribution < -0.4 is 0 Å². The van der Waals surface area contributed by atoms with Crippen LogP contribution >= 0.6 is 15.9 Å². The molecule has 3 heteroatoms. The zero-order valence-corrected chi connectivity index (χ0v) is 7.09. The lowest BCUT2D eigenvalue weighted by atomic mass is 10.3. The van der Waals surface area contributed by atoms with Crippen LogP contribution in [0, 0.1) is 12.3 Å². The highest BCUT2D eigenvalue weighted by atomic mass is 79.9. The second kappa shape index (κ2) is 2.58. The van der Waals surface area contributed by atoms with Gasteiger partial charge in [-0.2, -0.15) is 0 Å². The molecule has 2 nitrogen and oxygen atoms in total. The molecular weight excluding hydrogens is 204 g/mol. The monoisotopic (exact) mass is 206 g/mol. The first-order chi connectivity index (χ1) is 5.36. The molecule has 2 radical (unpaired) electrons. The molecule has 0 amide bonds. The quantitative estimate of drug-likeness (QED) is 0.660. The van der Waals surface area contributed by atoms with Gasteiger partial charge in [0.25, 0.3) is 0 Å². The second-order valence-corrected chi connectivity index (χ2v) is 2.90. The smallest absolute Gasteiger partial charge is 0.109 e. The molecule has 0 aliphatic heterocycles. The van der Waals surface area contributed by atoms with Crippen LogP contribution in [0.3, 0.4) is 0 Å². The predicted octanol–water partition coefficient (Wildman–Crippen LogP) is 1.99. The molecule has 0 aliphatic rings. The van der Waals surface area contributed by atoms with Gasteiger partial charge < -0.3 is 0 Å². The summed E-state index contributed by atoms with van der Waals surface area (Å²) >= 11 is 3.30. The van der Waals surface area contributed by atoms with Crippen molar-refractivity contribution in [1.29, 1.82) is 0 Å². The third-order valence-electron chi connectivity index (χ3n) is 1.32. The Morgan fingerprint density at radius 2 is 2.27 bits per heavy atom. The molecule has 2 aromatic rings. The summed E-state index contributed by atoms with van der Waals surface area (Å²) in [7, 11) is 0. The Morgan fingerprint density at radius 1 is 1.36 bits per heavy atom. The fourth-order valence-corrected chi connectivity index (χ4v) is 1.17. The summed E-state index contributed by atoms with van der Waals surface area (Å²) in [6, 6.07) is 6.63. The highest BCUT2D eigenvalue weighted by molar-refractivity contribution is 9.10. The van der Waals surface area contributed by atoms with Crippen molar-refractivity contribution in [3.63, 3.8) is 0 Å². The van der Waals surface area contributed by atoms with Crippen LogP contribution in [-0.2, 0) is 0 Å². The molecule has 0 saturated carbocycles. The standard InChI is InChI=1S/C8H3BrN2/c9-6-1-2-7-8(5-6)11-4-3-10-7/h2-3,5H. The minimum absolute atomic E-state index is 0.832. The van der Waals surface area contributed by atoms with Crippen molar-refractivity contribution < 1.29 is 0 Å². The molecule has 0 bridgehead atoms. The highest BCUT2D eigenvalue weighted by Crippen LogP contribution is 2.14. The van der Waals surface area contributed by atoms with Gasteiger partial charge in [-0.15, -0.1) is 0 Å². The Hall–Kier alpha value is -0.960. The van der Waals surface area contributed by atoms with E-state index in [2.05, 4.69) is 38.2 Å². The first-order valence-electron chi connectivity index (χ1n) is 3.06. The average molecular weight is 207 g/mol. The zero-order valence-electron chi connectivity index (χ0n) is 5.50. The lowest BCUT2D eigenvalue weighted by molar-refractivity contribution is 1.28. The Kier molecular flexibility index (Phi) is 1.58. The number of nitrogens with zero attached hydrogens (tertiary/aromatic N) is 2. The van der Waals surface area contributed by atoms with Crippen LogP contribution in [0.4, 0.5) is 0 Å². The van der Waals surface area contributed by atoms with Crippen LogP contribution in [0.25, 0.3) is 11.0 Å². The molecule has 0 atom stereocenters. The topological polar surface area (TPSA) is 25.8 Å². The third kappa shape index (κ3) is 1.24. The Balaban J connectivity index is 2.83. The van der Waals surface area contributed by atoms with Gasteiger partial charge in [0.05, 0.1) is 17.2 Å². The molecule has 0 aliphatic carbocycles. The summed E-state index contributed by atoms with van der Waals surface area (Å²) < 4.78 is 0.888. The first-order valence-corrected chi connectivity index (χ1v) is 3.85. The summed E-state index contributed by atoms with van der Waals surface area (Å²) in [6.07, 6.45) is 4.21. The Morgan fingerprint density at radius 3 is 3.18 bits per heavy atom. The molecule has 0 spiro atoms. The molecule has 0 unspecified atom stereocenters. The molecule has 0 N–H and O–H groups in total. The van der Waals surface area contributed by atoms with E-state index in [1.165, 1.54) is 0 Å². The van der Waals surface area contributed by atoms with Gasteiger partial charge >= 0.3 is 0 Å². The van der Waals surface area contributed by atoms with Gasteiger partial charge in [-0.1, -0.05) is 15.9 Å². The lowest BCUT2D eigenvalue weighted by Gasteiger charge is -1.93. The average Bonchev–Trinajstić information content (AvgIpc) is 2.04. The Bertz CT molecular complexity index is 387. The molecule has 0 saturated heterocycles. The molecule has 2 rings (SSSR count). The van der Waals surface area contributed by atoms with Crippen molar-refractivity contribution >= 4 is 27.0 Å². The summed E-state index contributed by atoms with van der Waals surface area (Å²) in [5, 5.41) is 0. The van der Waals surface area contributed by atoms with E-state index in [0.29, 0.717) is 0 Å². The van der Waals surface area contributed by atoms with Gasteiger partial charge in [0.2, 0.25) is 0 Å². The minimum Gasteiger partial charge on any atom is -0.252 e. The van der Waals surface area contributed by atoms with E-state index >= 15 is 0 Å². The molecule has 52 valence electrons. The van der Waals surface area contributed by atoms with E-state index in [4.69, 9.17) is 0 Å². The second-order valence-electron chi connectivity index (χ2n) is 2.05. The van der Waals surface area contributed by atoms with Crippen molar-refractivity contribution in [2.45, 2.75) is 0 Å². The molecule has 0 fully saturated rings. The van der Waals surface area contributed by atoms with E-state index in [1.54, 1.807) is 12.3 Å². The third-order valence-corrected chi connectivity index (χ3v) is 1.78. The van der Waals surface area contributed by atoms with Crippen molar-refractivity contribution in [2.75, 3.05) is 0 Å². The number of fused-ring (bicyclic) bond motifs is 1. The van der Waals surface area contributed by atoms with Gasteiger partial charge in [-0.3, -0.25) is 4.98 Å². The van der Waals surface area contributed by atoms with E-state index in [0.717, 1.165) is 15.5 Å². The van der Waals surface area contributed by atoms with Crippen LogP contribution in [0.1, 0.15) is 0 Å². The largest absolute Gasteiger partial charge is 0.252 e. The highest BCUT2D eigenvalue weighted by Gasteiger charge is 1.94. The summed E-state index contributed by atoms with van der Waals surface area (Å²) in [5.74, 6) is 0. The lowest BCUT2D eigenvalue weighted by Crippen LogP contribution is -1.81. The van der Waals surface area contributed by atoms with Crippen molar-refractivity contribution in [3.05, 3.63) is 35.1 Å². The van der Waals surface area contributed by atoms with E-state index < -0.39 is 0 Å². The summed E-state index contributed by atoms with van der Waals surface area (Å²) in [5.41, 5.74) is 1.67. The fraction of sp³-hybridized carbons (Fsp3) is 0. The summed E-state index contributed by atoms with van der Waals surface area (Å²) in [6.45, 7) is 0. The van der Waals surface area contributed by atoms with E-state index in [-0.39, 0.29) is 0 Å². The van der Waals surface area contributed by atoms with Crippen LogP contribution in [0.2, 0.25) is 0 Å². The maximum absolute atomic E-state index is 4.05.